The standard InChI is InChI=1S/C11H13NO4/c1-14-8-5-4-7(6-9(8)15-2)10(12)11(13)16-3/h4-6,12H,1-3H3. The predicted octanol–water partition coefficient (Wildman–Crippen LogP) is 1.24. The molecule has 5 heteroatoms. The van der Waals surface area contributed by atoms with Gasteiger partial charge in [0.1, 0.15) is 5.71 Å². The van der Waals surface area contributed by atoms with Gasteiger partial charge in [-0.1, -0.05) is 0 Å². The Morgan fingerprint density at radius 3 is 2.25 bits per heavy atom. The molecule has 0 saturated heterocycles. The van der Waals surface area contributed by atoms with Gasteiger partial charge in [-0.15, -0.1) is 0 Å². The van der Waals surface area contributed by atoms with Crippen molar-refractivity contribution in [1.29, 1.82) is 5.41 Å². The van der Waals surface area contributed by atoms with Crippen molar-refractivity contribution in [2.75, 3.05) is 21.3 Å². The van der Waals surface area contributed by atoms with Crippen LogP contribution in [0.15, 0.2) is 18.2 Å². The van der Waals surface area contributed by atoms with E-state index in [1.165, 1.54) is 21.3 Å². The van der Waals surface area contributed by atoms with Crippen molar-refractivity contribution < 1.29 is 19.0 Å². The molecule has 1 rings (SSSR count). The minimum atomic E-state index is -0.688. The van der Waals surface area contributed by atoms with Crippen molar-refractivity contribution in [2.24, 2.45) is 0 Å². The number of nitrogens with one attached hydrogen (secondary N) is 1. The minimum Gasteiger partial charge on any atom is -0.493 e. The quantitative estimate of drug-likeness (QED) is 0.616. The van der Waals surface area contributed by atoms with Crippen molar-refractivity contribution in [3.05, 3.63) is 23.8 Å². The molecular weight excluding hydrogens is 210 g/mol. The van der Waals surface area contributed by atoms with Gasteiger partial charge in [0.15, 0.2) is 11.5 Å². The van der Waals surface area contributed by atoms with Gasteiger partial charge in [0, 0.05) is 5.56 Å². The number of carbonyl (C=O) groups is 1. The molecule has 0 aromatic heterocycles. The molecule has 0 unspecified atom stereocenters. The number of benzene rings is 1. The van der Waals surface area contributed by atoms with Gasteiger partial charge in [-0.2, -0.15) is 0 Å². The fourth-order valence-electron chi connectivity index (χ4n) is 1.21. The van der Waals surface area contributed by atoms with Crippen LogP contribution in [0.1, 0.15) is 5.56 Å². The molecule has 16 heavy (non-hydrogen) atoms. The van der Waals surface area contributed by atoms with Gasteiger partial charge < -0.3 is 14.2 Å². The highest BCUT2D eigenvalue weighted by atomic mass is 16.5. The number of hydrogen-bond donors (Lipinski definition) is 1. The Morgan fingerprint density at radius 2 is 1.75 bits per heavy atom. The fraction of sp³-hybridized carbons (Fsp3) is 0.273. The molecule has 0 saturated carbocycles. The first-order valence-corrected chi connectivity index (χ1v) is 4.53. The fourth-order valence-corrected chi connectivity index (χ4v) is 1.21. The van der Waals surface area contributed by atoms with Crippen LogP contribution in [-0.2, 0) is 9.53 Å². The van der Waals surface area contributed by atoms with Crippen molar-refractivity contribution >= 4 is 11.7 Å². The Kier molecular flexibility index (Phi) is 3.88. The summed E-state index contributed by atoms with van der Waals surface area (Å²) < 4.78 is 14.6. The van der Waals surface area contributed by atoms with Crippen molar-refractivity contribution in [2.45, 2.75) is 0 Å². The van der Waals surface area contributed by atoms with Crippen LogP contribution in [0.25, 0.3) is 0 Å². The smallest absolute Gasteiger partial charge is 0.356 e. The molecule has 0 aliphatic heterocycles. The Labute approximate surface area is 93.4 Å². The van der Waals surface area contributed by atoms with E-state index in [4.69, 9.17) is 14.9 Å². The molecule has 0 aliphatic carbocycles. The largest absolute Gasteiger partial charge is 0.493 e. The second kappa shape index (κ2) is 5.16. The molecule has 1 aromatic rings. The van der Waals surface area contributed by atoms with E-state index in [1.54, 1.807) is 18.2 Å². The molecule has 0 radical (unpaired) electrons. The summed E-state index contributed by atoms with van der Waals surface area (Å²) in [6.07, 6.45) is 0. The molecule has 5 nitrogen and oxygen atoms in total. The van der Waals surface area contributed by atoms with E-state index in [2.05, 4.69) is 4.74 Å². The number of rotatable bonds is 4. The number of esters is 1. The van der Waals surface area contributed by atoms with E-state index in [-0.39, 0.29) is 5.71 Å². The maximum Gasteiger partial charge on any atom is 0.356 e. The summed E-state index contributed by atoms with van der Waals surface area (Å²) >= 11 is 0. The highest BCUT2D eigenvalue weighted by Crippen LogP contribution is 2.27. The summed E-state index contributed by atoms with van der Waals surface area (Å²) in [6, 6.07) is 4.78. The summed E-state index contributed by atoms with van der Waals surface area (Å²) in [5, 5.41) is 7.56. The SMILES string of the molecule is COC(=O)C(=N)c1ccc(OC)c(OC)c1. The van der Waals surface area contributed by atoms with Gasteiger partial charge in [0.25, 0.3) is 0 Å². The Hall–Kier alpha value is -2.04. The summed E-state index contributed by atoms with van der Waals surface area (Å²) in [4.78, 5) is 11.1. The van der Waals surface area contributed by atoms with Gasteiger partial charge in [-0.05, 0) is 18.2 Å². The van der Waals surface area contributed by atoms with Crippen LogP contribution in [0.3, 0.4) is 0 Å². The average molecular weight is 223 g/mol. The van der Waals surface area contributed by atoms with Crippen LogP contribution in [0.2, 0.25) is 0 Å². The lowest BCUT2D eigenvalue weighted by atomic mass is 10.1. The van der Waals surface area contributed by atoms with Gasteiger partial charge in [0.05, 0.1) is 21.3 Å². The zero-order chi connectivity index (χ0) is 12.1. The topological polar surface area (TPSA) is 68.6 Å². The number of hydrogen-bond acceptors (Lipinski definition) is 5. The number of ether oxygens (including phenoxy) is 3. The second-order valence-corrected chi connectivity index (χ2v) is 2.94. The van der Waals surface area contributed by atoms with E-state index in [0.29, 0.717) is 17.1 Å². The summed E-state index contributed by atoms with van der Waals surface area (Å²) in [5.41, 5.74) is 0.202. The van der Waals surface area contributed by atoms with Gasteiger partial charge in [-0.25, -0.2) is 4.79 Å². The molecule has 0 fully saturated rings. The van der Waals surface area contributed by atoms with Crippen molar-refractivity contribution in [3.63, 3.8) is 0 Å². The van der Waals surface area contributed by atoms with E-state index in [9.17, 15) is 4.79 Å². The molecule has 1 N–H and O–H groups in total. The Bertz CT molecular complexity index is 414. The van der Waals surface area contributed by atoms with Crippen LogP contribution >= 0.6 is 0 Å². The van der Waals surface area contributed by atoms with Crippen LogP contribution in [0.4, 0.5) is 0 Å². The van der Waals surface area contributed by atoms with Crippen molar-refractivity contribution in [1.82, 2.24) is 0 Å². The van der Waals surface area contributed by atoms with Crippen LogP contribution in [0.5, 0.6) is 11.5 Å². The zero-order valence-corrected chi connectivity index (χ0v) is 9.37. The van der Waals surface area contributed by atoms with Gasteiger partial charge >= 0.3 is 5.97 Å². The molecule has 0 aliphatic rings. The number of methoxy groups -OCH3 is 3. The third kappa shape index (κ3) is 2.31. The van der Waals surface area contributed by atoms with E-state index in [1.807, 2.05) is 0 Å². The first-order chi connectivity index (χ1) is 7.63. The first-order valence-electron chi connectivity index (χ1n) is 4.53. The summed E-state index contributed by atoms with van der Waals surface area (Å²) in [6.45, 7) is 0. The van der Waals surface area contributed by atoms with Crippen molar-refractivity contribution in [3.8, 4) is 11.5 Å². The lowest BCUT2D eigenvalue weighted by molar-refractivity contribution is -0.132. The summed E-state index contributed by atoms with van der Waals surface area (Å²) in [7, 11) is 4.24. The van der Waals surface area contributed by atoms with Gasteiger partial charge in [0.2, 0.25) is 0 Å². The molecule has 1 aromatic carbocycles. The Balaban J connectivity index is 3.08. The van der Waals surface area contributed by atoms with E-state index >= 15 is 0 Å². The second-order valence-electron chi connectivity index (χ2n) is 2.94. The highest BCUT2D eigenvalue weighted by molar-refractivity contribution is 6.42. The lowest BCUT2D eigenvalue weighted by Crippen LogP contribution is -2.15. The molecule has 0 bridgehead atoms. The lowest BCUT2D eigenvalue weighted by Gasteiger charge is -2.09. The predicted molar refractivity (Wildman–Crippen MR) is 58.4 cm³/mol. The zero-order valence-electron chi connectivity index (χ0n) is 9.37. The average Bonchev–Trinajstić information content (AvgIpc) is 2.35. The third-order valence-corrected chi connectivity index (χ3v) is 2.06. The molecule has 0 atom stereocenters. The molecular formula is C11H13NO4. The number of carbonyl (C=O) groups excluding carboxylic acids is 1. The van der Waals surface area contributed by atoms with Crippen LogP contribution in [0, 0.1) is 5.41 Å². The van der Waals surface area contributed by atoms with E-state index < -0.39 is 5.97 Å². The van der Waals surface area contributed by atoms with E-state index in [0.717, 1.165) is 0 Å². The summed E-state index contributed by atoms with van der Waals surface area (Å²) in [5.74, 6) is 0.324. The molecule has 0 spiro atoms. The minimum absolute atomic E-state index is 0.219. The maximum atomic E-state index is 11.1. The maximum absolute atomic E-state index is 11.1. The van der Waals surface area contributed by atoms with Gasteiger partial charge in [-0.3, -0.25) is 5.41 Å². The molecule has 0 amide bonds. The molecule has 86 valence electrons. The normalized spacial score (nSPS) is 9.44. The first kappa shape index (κ1) is 12.0. The Morgan fingerprint density at radius 1 is 1.12 bits per heavy atom. The van der Waals surface area contributed by atoms with Crippen LogP contribution in [-0.4, -0.2) is 33.0 Å². The van der Waals surface area contributed by atoms with Crippen LogP contribution < -0.4 is 9.47 Å². The third-order valence-electron chi connectivity index (χ3n) is 2.06. The highest BCUT2D eigenvalue weighted by Gasteiger charge is 2.14. The molecule has 0 heterocycles. The monoisotopic (exact) mass is 223 g/mol.